The van der Waals surface area contributed by atoms with Gasteiger partial charge in [0.25, 0.3) is 0 Å². The molecular weight excluding hydrogens is 438 g/mol. The molecule has 12 heteroatoms. The smallest absolute Gasteiger partial charge is 0.431 e. The van der Waals surface area contributed by atoms with Crippen LogP contribution in [0, 0.1) is 0 Å². The van der Waals surface area contributed by atoms with Gasteiger partial charge in [-0.2, -0.15) is 20.2 Å². The van der Waals surface area contributed by atoms with Crippen LogP contribution in [0.25, 0.3) is 11.0 Å². The third-order valence-corrected chi connectivity index (χ3v) is 5.18. The third kappa shape index (κ3) is 5.07. The van der Waals surface area contributed by atoms with Gasteiger partial charge in [-0.25, -0.2) is 10.3 Å². The Balaban J connectivity index is 1.65. The van der Waals surface area contributed by atoms with Gasteiger partial charge in [0.15, 0.2) is 11.5 Å². The van der Waals surface area contributed by atoms with Crippen LogP contribution in [0.4, 0.5) is 22.4 Å². The molecule has 3 aromatic heterocycles. The molecule has 0 spiro atoms. The fraction of sp³-hybridized carbons (Fsp3) is 0.318. The lowest BCUT2D eigenvalue weighted by molar-refractivity contribution is 0.0862. The van der Waals surface area contributed by atoms with E-state index in [2.05, 4.69) is 56.7 Å². The molecule has 3 heterocycles. The number of nitrogens with one attached hydrogen (secondary N) is 4. The van der Waals surface area contributed by atoms with Crippen LogP contribution in [0.1, 0.15) is 38.1 Å². The number of aromatic nitrogens is 6. The van der Waals surface area contributed by atoms with Gasteiger partial charge < -0.3 is 15.4 Å². The topological polar surface area (TPSA) is 155 Å². The number of carbonyl (C=O) groups is 1. The van der Waals surface area contributed by atoms with Gasteiger partial charge in [0.1, 0.15) is 12.4 Å². The number of H-pyrrole nitrogens is 1. The molecule has 178 valence electrons. The first-order valence-corrected chi connectivity index (χ1v) is 10.7. The second-order valence-electron chi connectivity index (χ2n) is 8.76. The molecule has 0 aliphatic heterocycles. The van der Waals surface area contributed by atoms with E-state index in [-0.39, 0.29) is 18.0 Å². The van der Waals surface area contributed by atoms with Crippen molar-refractivity contribution in [1.29, 1.82) is 0 Å². The van der Waals surface area contributed by atoms with Crippen LogP contribution in [0.5, 0.6) is 0 Å². The normalized spacial score (nSPS) is 12.4. The highest BCUT2D eigenvalue weighted by molar-refractivity contribution is 5.88. The molecule has 1 amide bonds. The maximum Gasteiger partial charge on any atom is 0.431 e. The molecule has 5 N–H and O–H groups in total. The van der Waals surface area contributed by atoms with Gasteiger partial charge in [0, 0.05) is 24.2 Å². The maximum absolute atomic E-state index is 11.4. The summed E-state index contributed by atoms with van der Waals surface area (Å²) >= 11 is 0. The minimum atomic E-state index is -0.958. The highest BCUT2D eigenvalue weighted by Crippen LogP contribution is 2.28. The molecule has 0 aliphatic rings. The lowest BCUT2D eigenvalue weighted by Gasteiger charge is -2.19. The Hall–Kier alpha value is -4.19. The molecule has 0 saturated heterocycles. The molecule has 0 fully saturated rings. The number of aryl methyl sites for hydroxylation is 1. The molecule has 0 saturated carbocycles. The number of hydrogen-bond acceptors (Lipinski definition) is 9. The summed E-state index contributed by atoms with van der Waals surface area (Å²) in [7, 11) is 1.90. The number of hydrogen-bond donors (Lipinski definition) is 5. The summed E-state index contributed by atoms with van der Waals surface area (Å²) in [6.45, 7) is 6.30. The van der Waals surface area contributed by atoms with E-state index in [4.69, 9.17) is 9.94 Å². The minimum absolute atomic E-state index is 0.0707. The Morgan fingerprint density at radius 3 is 2.68 bits per heavy atom. The lowest BCUT2D eigenvalue weighted by atomic mass is 9.92. The van der Waals surface area contributed by atoms with Crippen molar-refractivity contribution in [2.75, 3.05) is 17.2 Å². The Morgan fingerprint density at radius 2 is 2.00 bits per heavy atom. The number of amides is 1. The Labute approximate surface area is 195 Å². The highest BCUT2D eigenvalue weighted by atomic mass is 16.6. The zero-order chi connectivity index (χ0) is 24.3. The third-order valence-electron chi connectivity index (χ3n) is 5.18. The van der Waals surface area contributed by atoms with Crippen molar-refractivity contribution >= 4 is 34.7 Å². The fourth-order valence-corrected chi connectivity index (χ4v) is 3.60. The maximum atomic E-state index is 11.4. The fourth-order valence-electron chi connectivity index (χ4n) is 3.60. The van der Waals surface area contributed by atoms with Crippen LogP contribution in [-0.4, -0.2) is 47.9 Å². The van der Waals surface area contributed by atoms with E-state index >= 15 is 0 Å². The summed E-state index contributed by atoms with van der Waals surface area (Å²) in [4.78, 5) is 20.6. The monoisotopic (exact) mass is 465 g/mol. The van der Waals surface area contributed by atoms with E-state index in [9.17, 15) is 4.79 Å². The second-order valence-corrected chi connectivity index (χ2v) is 8.76. The standard InChI is InChI=1S/C22H27N9O3/c1-22(2,3)16-10-17(29-31(16)4)25-18-14-11-23-28-19(14)27-20(26-18)24-15(12-34-21(32)30-33)13-8-6-5-7-9-13/h5-11,15,33H,12H2,1-4H3,(H,30,32)(H3,23,24,25,26,27,28,29)/t15-/m0/s1. The largest absolute Gasteiger partial charge is 0.446 e. The first-order valence-electron chi connectivity index (χ1n) is 10.7. The van der Waals surface area contributed by atoms with Crippen molar-refractivity contribution < 1.29 is 14.7 Å². The molecule has 34 heavy (non-hydrogen) atoms. The number of hydroxylamine groups is 1. The zero-order valence-corrected chi connectivity index (χ0v) is 19.3. The van der Waals surface area contributed by atoms with Crippen LogP contribution in [0.3, 0.4) is 0 Å². The summed E-state index contributed by atoms with van der Waals surface area (Å²) in [6, 6.07) is 10.9. The van der Waals surface area contributed by atoms with Gasteiger partial charge in [0.2, 0.25) is 5.95 Å². The van der Waals surface area contributed by atoms with Crippen molar-refractivity contribution in [3.8, 4) is 0 Å². The van der Waals surface area contributed by atoms with Crippen molar-refractivity contribution in [2.24, 2.45) is 7.05 Å². The van der Waals surface area contributed by atoms with E-state index in [0.717, 1.165) is 11.3 Å². The lowest BCUT2D eigenvalue weighted by Crippen LogP contribution is -2.26. The molecule has 0 aliphatic carbocycles. The molecule has 0 unspecified atom stereocenters. The Morgan fingerprint density at radius 1 is 1.24 bits per heavy atom. The van der Waals surface area contributed by atoms with Gasteiger partial charge in [-0.05, 0) is 5.56 Å². The number of ether oxygens (including phenoxy) is 1. The van der Waals surface area contributed by atoms with Crippen molar-refractivity contribution in [2.45, 2.75) is 32.2 Å². The number of benzene rings is 1. The number of anilines is 3. The van der Waals surface area contributed by atoms with Crippen LogP contribution in [-0.2, 0) is 17.2 Å². The first-order chi connectivity index (χ1) is 16.2. The molecule has 0 radical (unpaired) electrons. The van der Waals surface area contributed by atoms with E-state index in [1.165, 1.54) is 5.48 Å². The van der Waals surface area contributed by atoms with Crippen LogP contribution < -0.4 is 16.1 Å². The number of aromatic amines is 1. The number of nitrogens with zero attached hydrogens (tertiary/aromatic N) is 5. The van der Waals surface area contributed by atoms with E-state index in [0.29, 0.717) is 22.7 Å². The number of fused-ring (bicyclic) bond motifs is 1. The predicted octanol–water partition coefficient (Wildman–Crippen LogP) is 3.40. The number of carbonyl (C=O) groups excluding carboxylic acids is 1. The van der Waals surface area contributed by atoms with Crippen LogP contribution in [0.15, 0.2) is 42.6 Å². The molecule has 0 bridgehead atoms. The summed E-state index contributed by atoms with van der Waals surface area (Å²) in [5.41, 5.74) is 3.81. The zero-order valence-electron chi connectivity index (χ0n) is 19.3. The molecule has 4 rings (SSSR count). The molecular formula is C22H27N9O3. The summed E-state index contributed by atoms with van der Waals surface area (Å²) in [5, 5.41) is 27.4. The SMILES string of the molecule is Cn1nc(Nc2nc(N[C@@H](COC(=O)NO)c3ccccc3)nc3[nH]ncc23)cc1C(C)(C)C. The van der Waals surface area contributed by atoms with Gasteiger partial charge in [0.05, 0.1) is 17.6 Å². The van der Waals surface area contributed by atoms with E-state index in [1.54, 1.807) is 6.20 Å². The van der Waals surface area contributed by atoms with Crippen molar-refractivity contribution in [3.05, 3.63) is 53.9 Å². The van der Waals surface area contributed by atoms with Gasteiger partial charge in [-0.15, -0.1) is 0 Å². The summed E-state index contributed by atoms with van der Waals surface area (Å²) in [5.74, 6) is 1.44. The minimum Gasteiger partial charge on any atom is -0.446 e. The van der Waals surface area contributed by atoms with Crippen molar-refractivity contribution in [3.63, 3.8) is 0 Å². The molecule has 12 nitrogen and oxygen atoms in total. The van der Waals surface area contributed by atoms with Gasteiger partial charge >= 0.3 is 6.09 Å². The summed E-state index contributed by atoms with van der Waals surface area (Å²) < 4.78 is 6.90. The van der Waals surface area contributed by atoms with E-state index < -0.39 is 12.1 Å². The molecule has 1 atom stereocenters. The highest BCUT2D eigenvalue weighted by Gasteiger charge is 2.21. The average Bonchev–Trinajstić information content (AvgIpc) is 3.43. The van der Waals surface area contributed by atoms with Gasteiger partial charge in [-0.3, -0.25) is 15.0 Å². The summed E-state index contributed by atoms with van der Waals surface area (Å²) in [6.07, 6.45) is 0.679. The van der Waals surface area contributed by atoms with Gasteiger partial charge in [-0.1, -0.05) is 51.1 Å². The Kier molecular flexibility index (Phi) is 6.32. The predicted molar refractivity (Wildman–Crippen MR) is 126 cm³/mol. The number of rotatable bonds is 7. The first kappa shape index (κ1) is 23.0. The van der Waals surface area contributed by atoms with Crippen LogP contribution in [0.2, 0.25) is 0 Å². The van der Waals surface area contributed by atoms with Crippen LogP contribution >= 0.6 is 0 Å². The van der Waals surface area contributed by atoms with Crippen molar-refractivity contribution in [1.82, 2.24) is 35.4 Å². The molecule has 1 aromatic carbocycles. The average molecular weight is 466 g/mol. The quantitative estimate of drug-likeness (QED) is 0.204. The molecule has 4 aromatic rings. The van der Waals surface area contributed by atoms with E-state index in [1.807, 2.05) is 48.1 Å². The second kappa shape index (κ2) is 9.35. The Bertz CT molecular complexity index is 1280.